The number of carbonyl (C=O) groups is 1. The number of alkyl halides is 3. The quantitative estimate of drug-likeness (QED) is 0.868. The Hall–Kier alpha value is -1.34. The Bertz CT molecular complexity index is 529. The van der Waals surface area contributed by atoms with E-state index in [1.54, 1.807) is 0 Å². The molecule has 116 valence electrons. The van der Waals surface area contributed by atoms with Crippen LogP contribution in [0.5, 0.6) is 0 Å². The molecule has 8 heteroatoms. The van der Waals surface area contributed by atoms with Gasteiger partial charge in [0.2, 0.25) is 0 Å². The molecule has 0 aromatic heterocycles. The number of carboxylic acid groups (broad SMARTS) is 1. The first-order chi connectivity index (χ1) is 9.69. The van der Waals surface area contributed by atoms with Crippen LogP contribution in [0, 0.1) is 11.7 Å². The summed E-state index contributed by atoms with van der Waals surface area (Å²) in [6.45, 7) is -1.71. The first-order valence-electron chi connectivity index (χ1n) is 6.15. The maximum atomic E-state index is 13.9. The van der Waals surface area contributed by atoms with Crippen LogP contribution < -0.4 is 0 Å². The van der Waals surface area contributed by atoms with Gasteiger partial charge in [-0.3, -0.25) is 9.69 Å². The molecule has 1 saturated heterocycles. The van der Waals surface area contributed by atoms with Crippen LogP contribution in [-0.2, 0) is 4.79 Å². The summed E-state index contributed by atoms with van der Waals surface area (Å²) < 4.78 is 51.2. The molecule has 0 saturated carbocycles. The van der Waals surface area contributed by atoms with E-state index in [4.69, 9.17) is 16.7 Å². The van der Waals surface area contributed by atoms with Crippen molar-refractivity contribution in [2.45, 2.75) is 12.1 Å². The highest BCUT2D eigenvalue weighted by Crippen LogP contribution is 2.38. The van der Waals surface area contributed by atoms with Crippen molar-refractivity contribution in [3.8, 4) is 0 Å². The van der Waals surface area contributed by atoms with Crippen molar-refractivity contribution < 1.29 is 27.5 Å². The van der Waals surface area contributed by atoms with E-state index < -0.39 is 36.3 Å². The topological polar surface area (TPSA) is 40.5 Å². The lowest BCUT2D eigenvalue weighted by Gasteiger charge is -2.18. The van der Waals surface area contributed by atoms with Gasteiger partial charge in [-0.1, -0.05) is 17.7 Å². The molecule has 3 nitrogen and oxygen atoms in total. The summed E-state index contributed by atoms with van der Waals surface area (Å²) in [7, 11) is 0. The zero-order valence-corrected chi connectivity index (χ0v) is 11.5. The molecular weight excluding hydrogens is 314 g/mol. The maximum Gasteiger partial charge on any atom is 0.401 e. The van der Waals surface area contributed by atoms with Crippen LogP contribution in [0.1, 0.15) is 11.5 Å². The van der Waals surface area contributed by atoms with Gasteiger partial charge in [-0.2, -0.15) is 13.2 Å². The largest absolute Gasteiger partial charge is 0.481 e. The molecule has 21 heavy (non-hydrogen) atoms. The van der Waals surface area contributed by atoms with Gasteiger partial charge in [0.15, 0.2) is 0 Å². The summed E-state index contributed by atoms with van der Waals surface area (Å²) in [6, 6.07) is 3.87. The Kier molecular flexibility index (Phi) is 4.43. The second kappa shape index (κ2) is 5.81. The molecule has 0 amide bonds. The second-order valence-corrected chi connectivity index (χ2v) is 5.40. The number of benzene rings is 1. The molecule has 1 heterocycles. The molecule has 0 spiro atoms. The van der Waals surface area contributed by atoms with Crippen LogP contribution in [-0.4, -0.2) is 41.8 Å². The zero-order valence-electron chi connectivity index (χ0n) is 10.7. The van der Waals surface area contributed by atoms with Crippen molar-refractivity contribution in [3.63, 3.8) is 0 Å². The lowest BCUT2D eigenvalue weighted by Crippen LogP contribution is -2.33. The molecule has 0 bridgehead atoms. The van der Waals surface area contributed by atoms with E-state index in [-0.39, 0.29) is 23.7 Å². The first kappa shape index (κ1) is 16.0. The Labute approximate surface area is 123 Å². The molecule has 2 atom stereocenters. The van der Waals surface area contributed by atoms with Crippen LogP contribution in [0.4, 0.5) is 17.6 Å². The second-order valence-electron chi connectivity index (χ2n) is 5.00. The Morgan fingerprint density at radius 2 is 2.05 bits per heavy atom. The van der Waals surface area contributed by atoms with Crippen molar-refractivity contribution in [2.24, 2.45) is 5.92 Å². The minimum Gasteiger partial charge on any atom is -0.481 e. The van der Waals surface area contributed by atoms with Crippen molar-refractivity contribution in [1.82, 2.24) is 4.90 Å². The number of nitrogens with zero attached hydrogens (tertiary/aromatic N) is 1. The SMILES string of the molecule is O=C(O)C1CN(CC(F)(F)F)CC1c1c(F)cccc1Cl. The van der Waals surface area contributed by atoms with E-state index in [1.165, 1.54) is 12.1 Å². The fourth-order valence-electron chi connectivity index (χ4n) is 2.68. The van der Waals surface area contributed by atoms with Crippen LogP contribution in [0.2, 0.25) is 5.02 Å². The summed E-state index contributed by atoms with van der Waals surface area (Å²) in [6.07, 6.45) is -4.43. The third-order valence-electron chi connectivity index (χ3n) is 3.49. The molecule has 2 unspecified atom stereocenters. The molecule has 1 aliphatic rings. The van der Waals surface area contributed by atoms with Gasteiger partial charge in [-0.15, -0.1) is 0 Å². The first-order valence-corrected chi connectivity index (χ1v) is 6.52. The summed E-state index contributed by atoms with van der Waals surface area (Å²) in [5.74, 6) is -3.99. The van der Waals surface area contributed by atoms with Gasteiger partial charge in [0.25, 0.3) is 0 Å². The van der Waals surface area contributed by atoms with Gasteiger partial charge in [-0.25, -0.2) is 4.39 Å². The number of halogens is 5. The number of hydrogen-bond donors (Lipinski definition) is 1. The minimum atomic E-state index is -4.43. The lowest BCUT2D eigenvalue weighted by atomic mass is 9.88. The lowest BCUT2D eigenvalue weighted by molar-refractivity contribution is -0.147. The molecule has 1 N–H and O–H groups in total. The van der Waals surface area contributed by atoms with Gasteiger partial charge in [0.05, 0.1) is 12.5 Å². The number of hydrogen-bond acceptors (Lipinski definition) is 2. The standard InChI is InChI=1S/C13H12ClF4NO2/c14-9-2-1-3-10(15)11(9)7-4-19(6-13(16,17)18)5-8(7)12(20)21/h1-3,7-8H,4-6H2,(H,20,21). The normalized spacial score (nSPS) is 23.5. The number of rotatable bonds is 3. The van der Waals surface area contributed by atoms with E-state index >= 15 is 0 Å². The number of aliphatic carboxylic acids is 1. The summed E-state index contributed by atoms with van der Waals surface area (Å²) in [4.78, 5) is 12.2. The van der Waals surface area contributed by atoms with Crippen LogP contribution in [0.15, 0.2) is 18.2 Å². The van der Waals surface area contributed by atoms with Crippen LogP contribution in [0.25, 0.3) is 0 Å². The highest BCUT2D eigenvalue weighted by Gasteiger charge is 2.44. The van der Waals surface area contributed by atoms with E-state index in [0.29, 0.717) is 0 Å². The molecular formula is C13H12ClF4NO2. The Morgan fingerprint density at radius 3 is 2.57 bits per heavy atom. The van der Waals surface area contributed by atoms with Crippen molar-refractivity contribution in [1.29, 1.82) is 0 Å². The van der Waals surface area contributed by atoms with Crippen LogP contribution in [0.3, 0.4) is 0 Å². The van der Waals surface area contributed by atoms with Gasteiger partial charge in [-0.05, 0) is 12.1 Å². The number of carboxylic acids is 1. The van der Waals surface area contributed by atoms with E-state index in [2.05, 4.69) is 0 Å². The maximum absolute atomic E-state index is 13.9. The van der Waals surface area contributed by atoms with Crippen molar-refractivity contribution >= 4 is 17.6 Å². The predicted molar refractivity (Wildman–Crippen MR) is 67.8 cm³/mol. The highest BCUT2D eigenvalue weighted by molar-refractivity contribution is 6.31. The van der Waals surface area contributed by atoms with Crippen molar-refractivity contribution in [2.75, 3.05) is 19.6 Å². The third kappa shape index (κ3) is 3.65. The predicted octanol–water partition coefficient (Wildman–Crippen LogP) is 3.14. The van der Waals surface area contributed by atoms with Gasteiger partial charge in [0.1, 0.15) is 5.82 Å². The fraction of sp³-hybridized carbons (Fsp3) is 0.462. The van der Waals surface area contributed by atoms with E-state index in [9.17, 15) is 22.4 Å². The average Bonchev–Trinajstić information content (AvgIpc) is 2.70. The van der Waals surface area contributed by atoms with E-state index in [0.717, 1.165) is 11.0 Å². The zero-order chi connectivity index (χ0) is 15.8. The highest BCUT2D eigenvalue weighted by atomic mass is 35.5. The van der Waals surface area contributed by atoms with Gasteiger partial charge in [0, 0.05) is 29.6 Å². The molecule has 1 aromatic rings. The minimum absolute atomic E-state index is 0.0279. The molecule has 2 rings (SSSR count). The van der Waals surface area contributed by atoms with Crippen LogP contribution >= 0.6 is 11.6 Å². The molecule has 1 fully saturated rings. The summed E-state index contributed by atoms with van der Waals surface area (Å²) in [5.41, 5.74) is -0.0313. The molecule has 0 radical (unpaired) electrons. The molecule has 1 aliphatic heterocycles. The average molecular weight is 326 g/mol. The smallest absolute Gasteiger partial charge is 0.401 e. The van der Waals surface area contributed by atoms with Gasteiger partial charge < -0.3 is 5.11 Å². The Balaban J connectivity index is 2.31. The summed E-state index contributed by atoms with van der Waals surface area (Å²) in [5, 5.41) is 9.20. The summed E-state index contributed by atoms with van der Waals surface area (Å²) >= 11 is 5.89. The van der Waals surface area contributed by atoms with E-state index in [1.807, 2.05) is 0 Å². The third-order valence-corrected chi connectivity index (χ3v) is 3.82. The van der Waals surface area contributed by atoms with Crippen molar-refractivity contribution in [3.05, 3.63) is 34.6 Å². The Morgan fingerprint density at radius 1 is 1.38 bits per heavy atom. The van der Waals surface area contributed by atoms with Gasteiger partial charge >= 0.3 is 12.1 Å². The molecule has 0 aliphatic carbocycles. The monoisotopic (exact) mass is 325 g/mol. The number of likely N-dealkylation sites (tertiary alicyclic amines) is 1. The molecule has 1 aromatic carbocycles. The fourth-order valence-corrected chi connectivity index (χ4v) is 2.98.